The van der Waals surface area contributed by atoms with Gasteiger partial charge >= 0.3 is 0 Å². The fourth-order valence-corrected chi connectivity index (χ4v) is 5.94. The number of unbranched alkanes of at least 4 members (excludes halogenated alkanes) is 2. The second-order valence-corrected chi connectivity index (χ2v) is 12.2. The van der Waals surface area contributed by atoms with Gasteiger partial charge in [0.2, 0.25) is 11.8 Å². The van der Waals surface area contributed by atoms with Crippen LogP contribution in [0, 0.1) is 0 Å². The van der Waals surface area contributed by atoms with Crippen LogP contribution in [0.1, 0.15) is 73.7 Å². The Morgan fingerprint density at radius 3 is 2.35 bits per heavy atom. The Kier molecular flexibility index (Phi) is 12.7. The Morgan fingerprint density at radius 1 is 0.848 bits per heavy atom. The first-order valence-electron chi connectivity index (χ1n) is 16.5. The van der Waals surface area contributed by atoms with Crippen LogP contribution in [-0.2, 0) is 37.0 Å². The first-order chi connectivity index (χ1) is 22.5. The summed E-state index contributed by atoms with van der Waals surface area (Å²) >= 11 is 0. The van der Waals surface area contributed by atoms with Gasteiger partial charge in [-0.25, -0.2) is 0 Å². The van der Waals surface area contributed by atoms with Crippen LogP contribution in [0.2, 0.25) is 0 Å². The average molecular weight is 630 g/mol. The lowest BCUT2D eigenvalue weighted by Crippen LogP contribution is -2.44. The molecule has 0 aromatic heterocycles. The number of hydrogen-bond donors (Lipinski definition) is 3. The van der Waals surface area contributed by atoms with E-state index in [1.807, 2.05) is 36.4 Å². The summed E-state index contributed by atoms with van der Waals surface area (Å²) in [6, 6.07) is 24.6. The predicted octanol–water partition coefficient (Wildman–Crippen LogP) is 5.04. The zero-order valence-corrected chi connectivity index (χ0v) is 26.8. The van der Waals surface area contributed by atoms with Crippen LogP contribution in [0.5, 0.6) is 0 Å². The van der Waals surface area contributed by atoms with Crippen LogP contribution >= 0.6 is 0 Å². The second-order valence-electron chi connectivity index (χ2n) is 12.2. The van der Waals surface area contributed by atoms with E-state index in [9.17, 15) is 14.7 Å². The van der Waals surface area contributed by atoms with Gasteiger partial charge < -0.3 is 30.0 Å². The van der Waals surface area contributed by atoms with Crippen molar-refractivity contribution in [3.8, 4) is 11.1 Å². The molecule has 9 nitrogen and oxygen atoms in total. The van der Waals surface area contributed by atoms with Gasteiger partial charge in [0.15, 0.2) is 6.29 Å². The molecule has 0 radical (unpaired) electrons. The van der Waals surface area contributed by atoms with E-state index >= 15 is 0 Å². The Morgan fingerprint density at radius 2 is 1.61 bits per heavy atom. The molecule has 2 aliphatic heterocycles. The highest BCUT2D eigenvalue weighted by Crippen LogP contribution is 2.38. The van der Waals surface area contributed by atoms with Crippen molar-refractivity contribution in [3.05, 3.63) is 95.1 Å². The predicted molar refractivity (Wildman–Crippen MR) is 177 cm³/mol. The minimum atomic E-state index is -0.497. The van der Waals surface area contributed by atoms with Crippen molar-refractivity contribution in [2.75, 3.05) is 39.4 Å². The van der Waals surface area contributed by atoms with Crippen molar-refractivity contribution in [3.63, 3.8) is 0 Å². The lowest BCUT2D eigenvalue weighted by Gasteiger charge is -2.39. The van der Waals surface area contributed by atoms with E-state index in [1.54, 1.807) is 0 Å². The van der Waals surface area contributed by atoms with E-state index in [2.05, 4.69) is 51.9 Å². The van der Waals surface area contributed by atoms with Gasteiger partial charge in [-0.3, -0.25) is 14.5 Å². The maximum Gasteiger partial charge on any atom is 0.220 e. The van der Waals surface area contributed by atoms with Gasteiger partial charge in [-0.2, -0.15) is 0 Å². The van der Waals surface area contributed by atoms with Crippen LogP contribution in [0.4, 0.5) is 0 Å². The third kappa shape index (κ3) is 10.2. The molecule has 0 spiro atoms. The third-order valence-corrected chi connectivity index (χ3v) is 8.57. The van der Waals surface area contributed by atoms with Crippen molar-refractivity contribution in [2.24, 2.45) is 0 Å². The van der Waals surface area contributed by atoms with E-state index in [-0.39, 0.29) is 30.6 Å². The number of hydrogen-bond acceptors (Lipinski definition) is 7. The summed E-state index contributed by atoms with van der Waals surface area (Å²) < 4.78 is 18.6. The Balaban J connectivity index is 1.19. The highest BCUT2D eigenvalue weighted by molar-refractivity contribution is 5.76. The minimum absolute atomic E-state index is 0.00896. The molecular weight excluding hydrogens is 582 g/mol. The zero-order valence-electron chi connectivity index (χ0n) is 26.8. The Bertz CT molecular complexity index is 1390. The fraction of sp³-hybridized carbons (Fsp3) is 0.459. The number of nitrogens with zero attached hydrogens (tertiary/aromatic N) is 1. The molecule has 0 aliphatic carbocycles. The van der Waals surface area contributed by atoms with Crippen molar-refractivity contribution in [1.29, 1.82) is 0 Å². The van der Waals surface area contributed by atoms with Crippen molar-refractivity contribution >= 4 is 11.8 Å². The van der Waals surface area contributed by atoms with Gasteiger partial charge in [-0.05, 0) is 46.7 Å². The number of morpholine rings is 1. The molecule has 3 N–H and O–H groups in total. The number of aliphatic hydroxyl groups is 1. The maximum atomic E-state index is 12.4. The number of carbonyl (C=O) groups excluding carboxylic acids is 2. The summed E-state index contributed by atoms with van der Waals surface area (Å²) in [6.07, 6.45) is 3.22. The summed E-state index contributed by atoms with van der Waals surface area (Å²) in [5.41, 5.74) is 6.13. The molecule has 5 rings (SSSR count). The molecule has 9 heteroatoms. The van der Waals surface area contributed by atoms with Crippen molar-refractivity contribution in [2.45, 2.75) is 70.7 Å². The summed E-state index contributed by atoms with van der Waals surface area (Å²) in [4.78, 5) is 25.7. The van der Waals surface area contributed by atoms with Gasteiger partial charge in [0, 0.05) is 58.1 Å². The normalized spacial score (nSPS) is 20.3. The number of carbonyl (C=O) groups is 2. The van der Waals surface area contributed by atoms with Gasteiger partial charge in [0.1, 0.15) is 0 Å². The van der Waals surface area contributed by atoms with Crippen LogP contribution < -0.4 is 10.6 Å². The molecule has 46 heavy (non-hydrogen) atoms. The standard InChI is InChI=1S/C37H47N3O6/c1-27(42)38-17-4-2-3-8-36(43)39-24-29-6-5-7-33(22-29)30-13-15-32(16-14-30)37-45-34(25-40-18-20-44-21-19-40)23-35(46-37)31-11-9-28(26-41)10-12-31/h5-7,9-16,22,34-35,37,41H,2-4,8,17-21,23-26H2,1H3,(H,38,42)(H,39,43)/t34-,35+,37+/m1/s1. The molecule has 2 aliphatic rings. The smallest absolute Gasteiger partial charge is 0.220 e. The monoisotopic (exact) mass is 629 g/mol. The SMILES string of the molecule is CC(=O)NCCCCCC(=O)NCc1cccc(-c2ccc([C@H]3O[C@@H](CN4CCOCC4)C[C@@H](c4ccc(CO)cc4)O3)cc2)c1. The van der Waals surface area contributed by atoms with Crippen molar-refractivity contribution < 1.29 is 28.9 Å². The number of rotatable bonds is 14. The highest BCUT2D eigenvalue weighted by atomic mass is 16.7. The third-order valence-electron chi connectivity index (χ3n) is 8.57. The van der Waals surface area contributed by atoms with Gasteiger partial charge in [-0.1, -0.05) is 73.2 Å². The first kappa shape index (κ1) is 33.8. The van der Waals surface area contributed by atoms with E-state index < -0.39 is 6.29 Å². The largest absolute Gasteiger partial charge is 0.392 e. The molecule has 0 unspecified atom stereocenters. The quantitative estimate of drug-likeness (QED) is 0.215. The van der Waals surface area contributed by atoms with Crippen molar-refractivity contribution in [1.82, 2.24) is 15.5 Å². The molecule has 2 amide bonds. The summed E-state index contributed by atoms with van der Waals surface area (Å²) in [5, 5.41) is 15.3. The summed E-state index contributed by atoms with van der Waals surface area (Å²) in [6.45, 7) is 6.79. The molecular formula is C37H47N3O6. The lowest BCUT2D eigenvalue weighted by atomic mass is 9.99. The first-order valence-corrected chi connectivity index (χ1v) is 16.5. The molecule has 3 aromatic rings. The molecule has 3 aromatic carbocycles. The van der Waals surface area contributed by atoms with Gasteiger partial charge in [0.05, 0.1) is 32.0 Å². The molecule has 246 valence electrons. The molecule has 0 saturated carbocycles. The zero-order chi connectivity index (χ0) is 32.1. The lowest BCUT2D eigenvalue weighted by molar-refractivity contribution is -0.253. The number of amides is 2. The van der Waals surface area contributed by atoms with E-state index in [0.717, 1.165) is 91.9 Å². The minimum Gasteiger partial charge on any atom is -0.392 e. The highest BCUT2D eigenvalue weighted by Gasteiger charge is 2.33. The number of ether oxygens (including phenoxy) is 3. The van der Waals surface area contributed by atoms with Crippen LogP contribution in [0.25, 0.3) is 11.1 Å². The van der Waals surface area contributed by atoms with Crippen LogP contribution in [-0.4, -0.2) is 67.3 Å². The topological polar surface area (TPSA) is 109 Å². The van der Waals surface area contributed by atoms with Gasteiger partial charge in [0.25, 0.3) is 0 Å². The fourth-order valence-electron chi connectivity index (χ4n) is 5.94. The Labute approximate surface area is 272 Å². The van der Waals surface area contributed by atoms with Crippen LogP contribution in [0.3, 0.4) is 0 Å². The summed E-state index contributed by atoms with van der Waals surface area (Å²) in [5.74, 6) is 0.0173. The molecule has 2 saturated heterocycles. The van der Waals surface area contributed by atoms with Gasteiger partial charge in [-0.15, -0.1) is 0 Å². The number of nitrogens with one attached hydrogen (secondary N) is 2. The number of aliphatic hydroxyl groups excluding tert-OH is 1. The Hall–Kier alpha value is -3.60. The molecule has 2 fully saturated rings. The second kappa shape index (κ2) is 17.4. The molecule has 2 heterocycles. The van der Waals surface area contributed by atoms with Crippen LogP contribution in [0.15, 0.2) is 72.8 Å². The number of benzene rings is 3. The maximum absolute atomic E-state index is 12.4. The van der Waals surface area contributed by atoms with E-state index in [1.165, 1.54) is 6.92 Å². The average Bonchev–Trinajstić information content (AvgIpc) is 3.09. The van der Waals surface area contributed by atoms with E-state index in [0.29, 0.717) is 19.5 Å². The summed E-state index contributed by atoms with van der Waals surface area (Å²) in [7, 11) is 0. The van der Waals surface area contributed by atoms with E-state index in [4.69, 9.17) is 14.2 Å². The molecule has 0 bridgehead atoms. The molecule has 3 atom stereocenters.